The average molecular weight is 510 g/mol. The monoisotopic (exact) mass is 508 g/mol. The highest BCUT2D eigenvalue weighted by Gasteiger charge is 2.15. The maximum absolute atomic E-state index is 13.5. The summed E-state index contributed by atoms with van der Waals surface area (Å²) < 4.78 is 24.7. The Balaban J connectivity index is 1.99. The zero-order valence-corrected chi connectivity index (χ0v) is 18.9. The molecule has 10 heteroatoms. The SMILES string of the molecule is C=C(Br)C(=O)Nc1cc2c(Nc3ccc(F)c(Cl)c3)ncnc2cc1OCCOCC. The predicted molar refractivity (Wildman–Crippen MR) is 123 cm³/mol. The highest BCUT2D eigenvalue weighted by molar-refractivity contribution is 9.12. The molecular formula is C21H19BrClFN4O3. The average Bonchev–Trinajstić information content (AvgIpc) is 2.74. The zero-order valence-electron chi connectivity index (χ0n) is 16.5. The van der Waals surface area contributed by atoms with E-state index in [2.05, 4.69) is 43.1 Å². The van der Waals surface area contributed by atoms with Crippen molar-refractivity contribution in [3.05, 3.63) is 58.6 Å². The van der Waals surface area contributed by atoms with E-state index in [0.717, 1.165) is 0 Å². The van der Waals surface area contributed by atoms with Gasteiger partial charge in [0.1, 0.15) is 30.3 Å². The number of aromatic nitrogens is 2. The minimum atomic E-state index is -0.520. The van der Waals surface area contributed by atoms with Gasteiger partial charge in [0, 0.05) is 23.7 Å². The number of amides is 1. The number of rotatable bonds is 9. The number of anilines is 3. The van der Waals surface area contributed by atoms with E-state index < -0.39 is 11.7 Å². The molecule has 0 atom stereocenters. The molecule has 162 valence electrons. The van der Waals surface area contributed by atoms with Gasteiger partial charge in [-0.05, 0) is 47.1 Å². The number of ether oxygens (including phenoxy) is 2. The molecule has 3 aromatic rings. The predicted octanol–water partition coefficient (Wildman–Crippen LogP) is 5.43. The lowest BCUT2D eigenvalue weighted by Crippen LogP contribution is -2.13. The van der Waals surface area contributed by atoms with Gasteiger partial charge in [-0.3, -0.25) is 4.79 Å². The third kappa shape index (κ3) is 5.90. The third-order valence-corrected chi connectivity index (χ3v) is 4.75. The largest absolute Gasteiger partial charge is 0.489 e. The summed E-state index contributed by atoms with van der Waals surface area (Å²) in [6.45, 7) is 6.74. The Morgan fingerprint density at radius 2 is 2.06 bits per heavy atom. The molecule has 1 heterocycles. The second-order valence-electron chi connectivity index (χ2n) is 6.25. The Hall–Kier alpha value is -2.75. The Kier molecular flexibility index (Phi) is 7.78. The fourth-order valence-electron chi connectivity index (χ4n) is 2.66. The van der Waals surface area contributed by atoms with Crippen LogP contribution in [0.3, 0.4) is 0 Å². The van der Waals surface area contributed by atoms with Gasteiger partial charge in [-0.25, -0.2) is 14.4 Å². The molecule has 0 aliphatic rings. The molecule has 7 nitrogen and oxygen atoms in total. The summed E-state index contributed by atoms with van der Waals surface area (Å²) in [5, 5.41) is 6.43. The number of nitrogens with zero attached hydrogens (tertiary/aromatic N) is 2. The number of benzene rings is 2. The van der Waals surface area contributed by atoms with E-state index in [0.29, 0.717) is 53.7 Å². The van der Waals surface area contributed by atoms with Gasteiger partial charge in [0.15, 0.2) is 0 Å². The van der Waals surface area contributed by atoms with Crippen LogP contribution in [0.2, 0.25) is 5.02 Å². The lowest BCUT2D eigenvalue weighted by molar-refractivity contribution is -0.112. The summed E-state index contributed by atoms with van der Waals surface area (Å²) in [4.78, 5) is 20.7. The maximum atomic E-state index is 13.5. The first-order valence-corrected chi connectivity index (χ1v) is 10.4. The van der Waals surface area contributed by atoms with Crippen LogP contribution in [-0.4, -0.2) is 35.7 Å². The molecule has 31 heavy (non-hydrogen) atoms. The Morgan fingerprint density at radius 1 is 1.26 bits per heavy atom. The molecule has 0 bridgehead atoms. The van der Waals surface area contributed by atoms with Crippen molar-refractivity contribution in [1.82, 2.24) is 9.97 Å². The molecule has 0 aliphatic carbocycles. The topological polar surface area (TPSA) is 85.4 Å². The van der Waals surface area contributed by atoms with E-state index in [-0.39, 0.29) is 9.51 Å². The standard InChI is InChI=1S/C21H19BrClFN4O3/c1-3-30-6-7-31-19-10-17-14(9-18(19)28-21(29)12(2)22)20(26-11-25-17)27-13-4-5-16(24)15(23)8-13/h4-5,8-11H,2-3,6-7H2,1H3,(H,28,29)(H,25,26,27). The fourth-order valence-corrected chi connectivity index (χ4v) is 2.94. The number of nitrogens with one attached hydrogen (secondary N) is 2. The van der Waals surface area contributed by atoms with Crippen LogP contribution >= 0.6 is 27.5 Å². The van der Waals surface area contributed by atoms with Crippen LogP contribution in [0.25, 0.3) is 10.9 Å². The lowest BCUT2D eigenvalue weighted by atomic mass is 10.1. The fraction of sp³-hybridized carbons (Fsp3) is 0.190. The van der Waals surface area contributed by atoms with Crippen LogP contribution in [0, 0.1) is 5.82 Å². The third-order valence-electron chi connectivity index (χ3n) is 4.10. The van der Waals surface area contributed by atoms with Gasteiger partial charge in [0.25, 0.3) is 5.91 Å². The summed E-state index contributed by atoms with van der Waals surface area (Å²) in [5.41, 5.74) is 1.53. The molecule has 0 spiro atoms. The number of fused-ring (bicyclic) bond motifs is 1. The molecule has 2 N–H and O–H groups in total. The van der Waals surface area contributed by atoms with Crippen LogP contribution < -0.4 is 15.4 Å². The van der Waals surface area contributed by atoms with Crippen molar-refractivity contribution in [2.24, 2.45) is 0 Å². The van der Waals surface area contributed by atoms with Gasteiger partial charge in [0.05, 0.1) is 27.3 Å². The van der Waals surface area contributed by atoms with Crippen molar-refractivity contribution in [2.75, 3.05) is 30.5 Å². The first kappa shape index (κ1) is 22.9. The highest BCUT2D eigenvalue weighted by atomic mass is 79.9. The number of carbonyl (C=O) groups is 1. The van der Waals surface area contributed by atoms with Crippen LogP contribution in [-0.2, 0) is 9.53 Å². The van der Waals surface area contributed by atoms with E-state index in [1.54, 1.807) is 12.1 Å². The van der Waals surface area contributed by atoms with Crippen LogP contribution in [0.5, 0.6) is 5.75 Å². The number of hydrogen-bond acceptors (Lipinski definition) is 6. The molecule has 0 unspecified atom stereocenters. The van der Waals surface area contributed by atoms with Crippen LogP contribution in [0.4, 0.5) is 21.6 Å². The summed E-state index contributed by atoms with van der Waals surface area (Å²) >= 11 is 8.94. The summed E-state index contributed by atoms with van der Waals surface area (Å²) in [5.74, 6) is -0.0789. The molecule has 2 aromatic carbocycles. The normalized spacial score (nSPS) is 10.7. The van der Waals surface area contributed by atoms with Gasteiger partial charge in [-0.15, -0.1) is 0 Å². The minimum absolute atomic E-state index is 0.0165. The molecule has 0 aliphatic heterocycles. The van der Waals surface area contributed by atoms with Crippen molar-refractivity contribution >= 4 is 61.5 Å². The molecule has 0 fully saturated rings. The molecule has 0 radical (unpaired) electrons. The molecule has 0 saturated carbocycles. The summed E-state index contributed by atoms with van der Waals surface area (Å²) in [6, 6.07) is 7.63. The van der Waals surface area contributed by atoms with Gasteiger partial charge >= 0.3 is 0 Å². The van der Waals surface area contributed by atoms with Crippen molar-refractivity contribution in [1.29, 1.82) is 0 Å². The lowest BCUT2D eigenvalue weighted by Gasteiger charge is -2.15. The van der Waals surface area contributed by atoms with Gasteiger partial charge in [0.2, 0.25) is 0 Å². The smallest absolute Gasteiger partial charge is 0.262 e. The Labute approximate surface area is 191 Å². The minimum Gasteiger partial charge on any atom is -0.489 e. The molecule has 0 saturated heterocycles. The van der Waals surface area contributed by atoms with Gasteiger partial charge in [-0.1, -0.05) is 18.2 Å². The van der Waals surface area contributed by atoms with E-state index in [9.17, 15) is 9.18 Å². The van der Waals surface area contributed by atoms with Crippen LogP contribution in [0.15, 0.2) is 47.7 Å². The Bertz CT molecular complexity index is 1130. The highest BCUT2D eigenvalue weighted by Crippen LogP contribution is 2.34. The molecule has 3 rings (SSSR count). The molecule has 1 aromatic heterocycles. The zero-order chi connectivity index (χ0) is 22.4. The molecule has 1 amide bonds. The van der Waals surface area contributed by atoms with Crippen molar-refractivity contribution in [2.45, 2.75) is 6.92 Å². The summed E-state index contributed by atoms with van der Waals surface area (Å²) in [6.07, 6.45) is 1.39. The number of halogens is 3. The molecular weight excluding hydrogens is 491 g/mol. The van der Waals surface area contributed by atoms with E-state index >= 15 is 0 Å². The van der Waals surface area contributed by atoms with Crippen molar-refractivity contribution in [3.8, 4) is 5.75 Å². The summed E-state index contributed by atoms with van der Waals surface area (Å²) in [7, 11) is 0. The van der Waals surface area contributed by atoms with Gasteiger partial charge in [-0.2, -0.15) is 0 Å². The quantitative estimate of drug-likeness (QED) is 0.296. The van der Waals surface area contributed by atoms with Crippen LogP contribution in [0.1, 0.15) is 6.92 Å². The van der Waals surface area contributed by atoms with Gasteiger partial charge < -0.3 is 20.1 Å². The number of hydrogen-bond donors (Lipinski definition) is 2. The van der Waals surface area contributed by atoms with E-state index in [1.807, 2.05) is 6.92 Å². The van der Waals surface area contributed by atoms with E-state index in [1.165, 1.54) is 24.5 Å². The Morgan fingerprint density at radius 3 is 2.77 bits per heavy atom. The maximum Gasteiger partial charge on any atom is 0.262 e. The first-order chi connectivity index (χ1) is 14.9. The first-order valence-electron chi connectivity index (χ1n) is 9.26. The van der Waals surface area contributed by atoms with E-state index in [4.69, 9.17) is 21.1 Å². The van der Waals surface area contributed by atoms with Crippen molar-refractivity contribution in [3.63, 3.8) is 0 Å². The second-order valence-corrected chi connectivity index (χ2v) is 7.61. The second kappa shape index (κ2) is 10.5. The number of carbonyl (C=O) groups excluding carboxylic acids is 1. The van der Waals surface area contributed by atoms with Crippen molar-refractivity contribution < 1.29 is 18.7 Å².